The van der Waals surface area contributed by atoms with Crippen molar-refractivity contribution in [1.82, 2.24) is 4.98 Å². The molecule has 9 heteroatoms. The number of hydrogen-bond acceptors (Lipinski definition) is 7. The maximum atomic E-state index is 10.5. The van der Waals surface area contributed by atoms with Crippen molar-refractivity contribution in [2.75, 3.05) is 12.2 Å². The molecule has 112 valence electrons. The normalized spacial score (nSPS) is 12.6. The van der Waals surface area contributed by atoms with Crippen LogP contribution in [0.25, 0.3) is 0 Å². The minimum atomic E-state index is -0.521. The van der Waals surface area contributed by atoms with Crippen LogP contribution in [-0.4, -0.2) is 22.9 Å². The molecule has 0 unspecified atom stereocenters. The number of fused-ring (bicyclic) bond motifs is 1. The van der Waals surface area contributed by atoms with E-state index in [-0.39, 0.29) is 12.5 Å². The Labute approximate surface area is 129 Å². The quantitative estimate of drug-likeness (QED) is 0.528. The third kappa shape index (κ3) is 2.91. The van der Waals surface area contributed by atoms with Gasteiger partial charge in [-0.3, -0.25) is 15.5 Å². The monoisotopic (exact) mass is 320 g/mol. The second-order valence-corrected chi connectivity index (χ2v) is 4.66. The first kappa shape index (κ1) is 14.1. The van der Waals surface area contributed by atoms with Crippen LogP contribution in [-0.2, 0) is 0 Å². The fourth-order valence-electron chi connectivity index (χ4n) is 1.76. The van der Waals surface area contributed by atoms with Crippen LogP contribution in [0.2, 0.25) is 5.02 Å². The minimum absolute atomic E-state index is 0.0895. The summed E-state index contributed by atoms with van der Waals surface area (Å²) in [7, 11) is 0. The number of ether oxygens (including phenoxy) is 2. The van der Waals surface area contributed by atoms with Gasteiger partial charge in [-0.25, -0.2) is 4.98 Å². The lowest BCUT2D eigenvalue weighted by Gasteiger charge is -2.02. The molecular formula is C13H9ClN4O4. The van der Waals surface area contributed by atoms with Gasteiger partial charge in [0, 0.05) is 17.7 Å². The molecule has 2 aromatic rings. The molecule has 22 heavy (non-hydrogen) atoms. The average Bonchev–Trinajstić information content (AvgIpc) is 2.95. The van der Waals surface area contributed by atoms with Crippen LogP contribution in [0.1, 0.15) is 5.56 Å². The summed E-state index contributed by atoms with van der Waals surface area (Å²) in [6, 6.07) is 6.14. The maximum absolute atomic E-state index is 10.5. The number of nitro groups is 1. The molecule has 1 aliphatic heterocycles. The molecular weight excluding hydrogens is 312 g/mol. The van der Waals surface area contributed by atoms with Crippen molar-refractivity contribution in [2.45, 2.75) is 0 Å². The van der Waals surface area contributed by atoms with Gasteiger partial charge in [0.15, 0.2) is 11.5 Å². The summed E-state index contributed by atoms with van der Waals surface area (Å²) in [5.74, 6) is 1.56. The van der Waals surface area contributed by atoms with Gasteiger partial charge in [0.05, 0.1) is 16.2 Å². The van der Waals surface area contributed by atoms with Gasteiger partial charge in [0.1, 0.15) is 12.0 Å². The zero-order valence-corrected chi connectivity index (χ0v) is 11.8. The molecule has 0 amide bonds. The van der Waals surface area contributed by atoms with E-state index in [9.17, 15) is 10.1 Å². The Hall–Kier alpha value is -2.87. The van der Waals surface area contributed by atoms with Crippen molar-refractivity contribution in [3.8, 4) is 11.5 Å². The number of anilines is 1. The van der Waals surface area contributed by atoms with Gasteiger partial charge in [-0.2, -0.15) is 5.10 Å². The summed E-state index contributed by atoms with van der Waals surface area (Å²) < 4.78 is 10.5. The van der Waals surface area contributed by atoms with Gasteiger partial charge >= 0.3 is 0 Å². The Kier molecular flexibility index (Phi) is 3.75. The summed E-state index contributed by atoms with van der Waals surface area (Å²) in [5, 5.41) is 15.0. The molecule has 0 aliphatic carbocycles. The van der Waals surface area contributed by atoms with E-state index in [1.807, 2.05) is 0 Å². The van der Waals surface area contributed by atoms with Crippen LogP contribution in [0.15, 0.2) is 35.6 Å². The van der Waals surface area contributed by atoms with Crippen molar-refractivity contribution >= 4 is 29.3 Å². The minimum Gasteiger partial charge on any atom is -0.454 e. The van der Waals surface area contributed by atoms with E-state index < -0.39 is 4.92 Å². The number of nitrogens with one attached hydrogen (secondary N) is 1. The number of nitrogens with zero attached hydrogens (tertiary/aromatic N) is 3. The smallest absolute Gasteiger partial charge is 0.287 e. The average molecular weight is 321 g/mol. The first-order valence-electron chi connectivity index (χ1n) is 6.12. The number of rotatable bonds is 4. The van der Waals surface area contributed by atoms with Gasteiger partial charge in [-0.15, -0.1) is 0 Å². The lowest BCUT2D eigenvalue weighted by atomic mass is 10.2. The first-order chi connectivity index (χ1) is 10.6. The number of hydrazone groups is 1. The van der Waals surface area contributed by atoms with Crippen molar-refractivity contribution in [3.63, 3.8) is 0 Å². The molecule has 1 aromatic carbocycles. The predicted molar refractivity (Wildman–Crippen MR) is 79.7 cm³/mol. The van der Waals surface area contributed by atoms with Gasteiger partial charge in [0.2, 0.25) is 6.79 Å². The van der Waals surface area contributed by atoms with Crippen LogP contribution in [0.3, 0.4) is 0 Å². The van der Waals surface area contributed by atoms with E-state index in [4.69, 9.17) is 21.1 Å². The fraction of sp³-hybridized carbons (Fsp3) is 0.0769. The SMILES string of the molecule is O=[N+]([O-])c1ccc(NN=Cc2cc3c(cc2Cl)OCO3)nc1. The van der Waals surface area contributed by atoms with Crippen LogP contribution in [0, 0.1) is 10.1 Å². The largest absolute Gasteiger partial charge is 0.454 e. The van der Waals surface area contributed by atoms with Gasteiger partial charge in [-0.05, 0) is 12.1 Å². The highest BCUT2D eigenvalue weighted by Crippen LogP contribution is 2.36. The van der Waals surface area contributed by atoms with Gasteiger partial charge < -0.3 is 9.47 Å². The molecule has 1 aliphatic rings. The molecule has 0 saturated carbocycles. The number of benzene rings is 1. The van der Waals surface area contributed by atoms with Crippen LogP contribution < -0.4 is 14.9 Å². The summed E-state index contributed by atoms with van der Waals surface area (Å²) >= 11 is 6.10. The lowest BCUT2D eigenvalue weighted by Crippen LogP contribution is -1.95. The van der Waals surface area contributed by atoms with Crippen molar-refractivity contribution < 1.29 is 14.4 Å². The van der Waals surface area contributed by atoms with Crippen molar-refractivity contribution in [1.29, 1.82) is 0 Å². The molecule has 0 saturated heterocycles. The first-order valence-corrected chi connectivity index (χ1v) is 6.50. The highest BCUT2D eigenvalue weighted by atomic mass is 35.5. The van der Waals surface area contributed by atoms with Crippen LogP contribution in [0.5, 0.6) is 11.5 Å². The second-order valence-electron chi connectivity index (χ2n) is 4.26. The van der Waals surface area contributed by atoms with E-state index in [2.05, 4.69) is 15.5 Å². The summed E-state index contributed by atoms with van der Waals surface area (Å²) in [6.45, 7) is 0.164. The van der Waals surface area contributed by atoms with E-state index in [1.54, 1.807) is 12.1 Å². The Bertz CT molecular complexity index is 748. The second kappa shape index (κ2) is 5.86. The Morgan fingerprint density at radius 3 is 2.82 bits per heavy atom. The van der Waals surface area contributed by atoms with E-state index >= 15 is 0 Å². The topological polar surface area (TPSA) is 98.9 Å². The molecule has 0 fully saturated rings. The fourth-order valence-corrected chi connectivity index (χ4v) is 1.96. The third-order valence-electron chi connectivity index (χ3n) is 2.83. The summed E-state index contributed by atoms with van der Waals surface area (Å²) in [4.78, 5) is 13.9. The lowest BCUT2D eigenvalue weighted by molar-refractivity contribution is -0.385. The Morgan fingerprint density at radius 1 is 1.36 bits per heavy atom. The molecule has 2 heterocycles. The van der Waals surface area contributed by atoms with Gasteiger partial charge in [0.25, 0.3) is 5.69 Å². The Morgan fingerprint density at radius 2 is 2.14 bits per heavy atom. The van der Waals surface area contributed by atoms with Crippen molar-refractivity contribution in [2.24, 2.45) is 5.10 Å². The molecule has 1 aromatic heterocycles. The molecule has 3 rings (SSSR count). The zero-order chi connectivity index (χ0) is 15.5. The predicted octanol–water partition coefficient (Wildman–Crippen LogP) is 2.82. The van der Waals surface area contributed by atoms with E-state index in [0.717, 1.165) is 6.20 Å². The molecule has 0 bridgehead atoms. The van der Waals surface area contributed by atoms with Crippen LogP contribution >= 0.6 is 11.6 Å². The van der Waals surface area contributed by atoms with Crippen LogP contribution in [0.4, 0.5) is 11.5 Å². The summed E-state index contributed by atoms with van der Waals surface area (Å²) in [6.07, 6.45) is 2.64. The Balaban J connectivity index is 1.71. The number of aromatic nitrogens is 1. The molecule has 0 spiro atoms. The van der Waals surface area contributed by atoms with E-state index in [0.29, 0.717) is 27.9 Å². The molecule has 0 radical (unpaired) electrons. The van der Waals surface area contributed by atoms with Crippen molar-refractivity contribution in [3.05, 3.63) is 51.2 Å². The number of pyridine rings is 1. The molecule has 8 nitrogen and oxygen atoms in total. The highest BCUT2D eigenvalue weighted by molar-refractivity contribution is 6.33. The number of halogens is 1. The standard InChI is InChI=1S/C13H9ClN4O4/c14-10-4-12-11(21-7-22-12)3-8(10)5-16-17-13-2-1-9(6-15-13)18(19)20/h1-6H,7H2,(H,15,17). The summed E-state index contributed by atoms with van der Waals surface area (Å²) in [5.41, 5.74) is 3.21. The molecule has 1 N–H and O–H groups in total. The third-order valence-corrected chi connectivity index (χ3v) is 3.16. The zero-order valence-electron chi connectivity index (χ0n) is 11.0. The molecule has 0 atom stereocenters. The van der Waals surface area contributed by atoms with Gasteiger partial charge in [-0.1, -0.05) is 11.6 Å². The maximum Gasteiger partial charge on any atom is 0.287 e. The number of hydrogen-bond donors (Lipinski definition) is 1. The van der Waals surface area contributed by atoms with E-state index in [1.165, 1.54) is 18.3 Å². The highest BCUT2D eigenvalue weighted by Gasteiger charge is 2.15.